The number of hydrogen-bond acceptors (Lipinski definition) is 4. The molecule has 4 nitrogen and oxygen atoms in total. The number of aryl methyl sites for hydroxylation is 2. The molecule has 0 saturated heterocycles. The van der Waals surface area contributed by atoms with Crippen molar-refractivity contribution in [2.45, 2.75) is 32.6 Å². The topological polar surface area (TPSA) is 47.6 Å². The number of hydrogen-bond donors (Lipinski definition) is 1. The Bertz CT molecular complexity index is 771. The molecule has 0 bridgehead atoms. The van der Waals surface area contributed by atoms with Crippen molar-refractivity contribution in [2.24, 2.45) is 0 Å². The second-order valence-corrected chi connectivity index (χ2v) is 7.67. The Morgan fingerprint density at radius 3 is 2.50 bits per heavy atom. The molecular formula is C21H25NO3S. The minimum Gasteiger partial charge on any atom is -0.486 e. The maximum atomic E-state index is 12.3. The summed E-state index contributed by atoms with van der Waals surface area (Å²) in [5.41, 5.74) is 4.80. The summed E-state index contributed by atoms with van der Waals surface area (Å²) in [6.45, 7) is 7.33. The Kier molecular flexibility index (Phi) is 6.09. The Balaban J connectivity index is 1.49. The van der Waals surface area contributed by atoms with Crippen molar-refractivity contribution in [2.75, 3.05) is 19.0 Å². The smallest absolute Gasteiger partial charge is 0.230 e. The van der Waals surface area contributed by atoms with E-state index in [9.17, 15) is 4.79 Å². The molecule has 1 N–H and O–H groups in total. The second kappa shape index (κ2) is 8.49. The van der Waals surface area contributed by atoms with Gasteiger partial charge >= 0.3 is 0 Å². The van der Waals surface area contributed by atoms with E-state index in [1.807, 2.05) is 25.1 Å². The highest BCUT2D eigenvalue weighted by molar-refractivity contribution is 7.99. The summed E-state index contributed by atoms with van der Waals surface area (Å²) in [6, 6.07) is 12.3. The third kappa shape index (κ3) is 4.94. The first kappa shape index (κ1) is 18.6. The van der Waals surface area contributed by atoms with Gasteiger partial charge in [-0.1, -0.05) is 35.4 Å². The Hall–Kier alpha value is -2.14. The zero-order valence-corrected chi connectivity index (χ0v) is 16.3. The fraction of sp³-hybridized carbons (Fsp3) is 0.381. The molecule has 0 aliphatic carbocycles. The molecule has 0 aromatic heterocycles. The van der Waals surface area contributed by atoms with Gasteiger partial charge in [0.25, 0.3) is 0 Å². The molecule has 1 aliphatic heterocycles. The van der Waals surface area contributed by atoms with Gasteiger partial charge in [-0.05, 0) is 44.0 Å². The fourth-order valence-corrected chi connectivity index (χ4v) is 3.88. The van der Waals surface area contributed by atoms with Gasteiger partial charge in [0.1, 0.15) is 13.2 Å². The van der Waals surface area contributed by atoms with Gasteiger partial charge in [-0.2, -0.15) is 0 Å². The number of carbonyl (C=O) groups excluding carboxylic acids is 1. The number of carbonyl (C=O) groups is 1. The summed E-state index contributed by atoms with van der Waals surface area (Å²) in [5, 5.41) is 3.06. The van der Waals surface area contributed by atoms with Crippen LogP contribution in [0.3, 0.4) is 0 Å². The first-order valence-corrected chi connectivity index (χ1v) is 10.0. The van der Waals surface area contributed by atoms with Crippen LogP contribution in [0.2, 0.25) is 0 Å². The number of benzene rings is 2. The third-order valence-electron chi connectivity index (χ3n) is 4.23. The first-order valence-electron chi connectivity index (χ1n) is 8.85. The molecule has 1 amide bonds. The van der Waals surface area contributed by atoms with Gasteiger partial charge in [0.15, 0.2) is 11.5 Å². The van der Waals surface area contributed by atoms with Crippen LogP contribution in [-0.2, 0) is 10.5 Å². The Morgan fingerprint density at radius 2 is 1.77 bits per heavy atom. The van der Waals surface area contributed by atoms with Crippen molar-refractivity contribution in [1.82, 2.24) is 5.32 Å². The lowest BCUT2D eigenvalue weighted by atomic mass is 10.1. The summed E-state index contributed by atoms with van der Waals surface area (Å²) in [6.07, 6.45) is 0. The highest BCUT2D eigenvalue weighted by Crippen LogP contribution is 2.32. The van der Waals surface area contributed by atoms with Crippen molar-refractivity contribution in [3.63, 3.8) is 0 Å². The molecule has 0 saturated carbocycles. The molecule has 1 atom stereocenters. The zero-order chi connectivity index (χ0) is 18.5. The molecule has 1 heterocycles. The van der Waals surface area contributed by atoms with Gasteiger partial charge in [-0.25, -0.2) is 0 Å². The normalized spacial score (nSPS) is 14.0. The molecular weight excluding hydrogens is 346 g/mol. The molecule has 0 unspecified atom stereocenters. The molecule has 3 rings (SSSR count). The highest BCUT2D eigenvalue weighted by Gasteiger charge is 2.15. The average Bonchev–Trinajstić information content (AvgIpc) is 2.60. The van der Waals surface area contributed by atoms with Gasteiger partial charge in [0.2, 0.25) is 5.91 Å². The van der Waals surface area contributed by atoms with Crippen molar-refractivity contribution >= 4 is 17.7 Å². The Labute approximate surface area is 159 Å². The lowest BCUT2D eigenvalue weighted by molar-refractivity contribution is -0.119. The number of ether oxygens (including phenoxy) is 2. The van der Waals surface area contributed by atoms with Crippen LogP contribution in [-0.4, -0.2) is 24.9 Å². The molecule has 26 heavy (non-hydrogen) atoms. The van der Waals surface area contributed by atoms with E-state index in [-0.39, 0.29) is 11.9 Å². The van der Waals surface area contributed by atoms with E-state index >= 15 is 0 Å². The standard InChI is InChI=1S/C21H25NO3S/c1-14-8-15(2)10-17(9-14)12-26-13-21(23)22-16(3)18-4-5-19-20(11-18)25-7-6-24-19/h4-5,8-11,16H,6-7,12-13H2,1-3H3,(H,22,23)/t16-/m1/s1. The van der Waals surface area contributed by atoms with Crippen molar-refractivity contribution in [3.8, 4) is 11.5 Å². The molecule has 0 spiro atoms. The maximum absolute atomic E-state index is 12.3. The van der Waals surface area contributed by atoms with E-state index in [0.717, 1.165) is 22.8 Å². The second-order valence-electron chi connectivity index (χ2n) is 6.68. The predicted molar refractivity (Wildman–Crippen MR) is 106 cm³/mol. The third-order valence-corrected chi connectivity index (χ3v) is 5.23. The van der Waals surface area contributed by atoms with E-state index in [4.69, 9.17) is 9.47 Å². The lowest BCUT2D eigenvalue weighted by Crippen LogP contribution is -2.28. The number of amides is 1. The van der Waals surface area contributed by atoms with E-state index in [1.54, 1.807) is 11.8 Å². The van der Waals surface area contributed by atoms with Gasteiger partial charge in [-0.3, -0.25) is 4.79 Å². The predicted octanol–water partition coefficient (Wildman–Crippen LogP) is 4.19. The molecule has 138 valence electrons. The zero-order valence-electron chi connectivity index (χ0n) is 15.5. The fourth-order valence-electron chi connectivity index (χ4n) is 3.11. The van der Waals surface area contributed by atoms with Gasteiger partial charge < -0.3 is 14.8 Å². The summed E-state index contributed by atoms with van der Waals surface area (Å²) >= 11 is 1.64. The van der Waals surface area contributed by atoms with E-state index < -0.39 is 0 Å². The summed E-state index contributed by atoms with van der Waals surface area (Å²) in [4.78, 5) is 12.3. The average molecular weight is 372 g/mol. The van der Waals surface area contributed by atoms with Crippen molar-refractivity contribution < 1.29 is 14.3 Å². The van der Waals surface area contributed by atoms with Crippen molar-refractivity contribution in [1.29, 1.82) is 0 Å². The van der Waals surface area contributed by atoms with Crippen LogP contribution < -0.4 is 14.8 Å². The van der Waals surface area contributed by atoms with E-state index in [2.05, 4.69) is 37.4 Å². The highest BCUT2D eigenvalue weighted by atomic mass is 32.2. The summed E-state index contributed by atoms with van der Waals surface area (Å²) < 4.78 is 11.1. The Morgan fingerprint density at radius 1 is 1.08 bits per heavy atom. The van der Waals surface area contributed by atoms with Crippen LogP contribution >= 0.6 is 11.8 Å². The van der Waals surface area contributed by atoms with Crippen LogP contribution in [0.1, 0.15) is 35.2 Å². The van der Waals surface area contributed by atoms with Crippen LogP contribution in [0.25, 0.3) is 0 Å². The summed E-state index contributed by atoms with van der Waals surface area (Å²) in [5.74, 6) is 2.85. The molecule has 0 fully saturated rings. The number of rotatable bonds is 6. The largest absolute Gasteiger partial charge is 0.486 e. The van der Waals surface area contributed by atoms with Crippen LogP contribution in [0.15, 0.2) is 36.4 Å². The maximum Gasteiger partial charge on any atom is 0.230 e. The van der Waals surface area contributed by atoms with Crippen LogP contribution in [0.5, 0.6) is 11.5 Å². The van der Waals surface area contributed by atoms with Gasteiger partial charge in [0.05, 0.1) is 11.8 Å². The van der Waals surface area contributed by atoms with E-state index in [1.165, 1.54) is 16.7 Å². The molecule has 2 aromatic carbocycles. The molecule has 2 aromatic rings. The number of nitrogens with one attached hydrogen (secondary N) is 1. The van der Waals surface area contributed by atoms with Crippen molar-refractivity contribution in [3.05, 3.63) is 58.7 Å². The SMILES string of the molecule is Cc1cc(C)cc(CSCC(=O)N[C@H](C)c2ccc3c(c2)OCCO3)c1. The molecule has 1 aliphatic rings. The van der Waals surface area contributed by atoms with Crippen LogP contribution in [0, 0.1) is 13.8 Å². The minimum atomic E-state index is -0.0693. The molecule has 5 heteroatoms. The number of fused-ring (bicyclic) bond motifs is 1. The van der Waals surface area contributed by atoms with Crippen LogP contribution in [0.4, 0.5) is 0 Å². The first-order chi connectivity index (χ1) is 12.5. The summed E-state index contributed by atoms with van der Waals surface area (Å²) in [7, 11) is 0. The van der Waals surface area contributed by atoms with Gasteiger partial charge in [0, 0.05) is 5.75 Å². The van der Waals surface area contributed by atoms with Gasteiger partial charge in [-0.15, -0.1) is 11.8 Å². The quantitative estimate of drug-likeness (QED) is 0.827. The van der Waals surface area contributed by atoms with E-state index in [0.29, 0.717) is 19.0 Å². The number of thioether (sulfide) groups is 1. The monoisotopic (exact) mass is 371 g/mol. The lowest BCUT2D eigenvalue weighted by Gasteiger charge is -2.21. The molecule has 0 radical (unpaired) electrons. The minimum absolute atomic E-state index is 0.0433.